The second-order valence-corrected chi connectivity index (χ2v) is 7.80. The summed E-state index contributed by atoms with van der Waals surface area (Å²) in [7, 11) is 0. The third-order valence-corrected chi connectivity index (χ3v) is 5.70. The van der Waals surface area contributed by atoms with Gasteiger partial charge in [0.15, 0.2) is 11.6 Å². The molecule has 1 aliphatic carbocycles. The molecule has 134 valence electrons. The van der Waals surface area contributed by atoms with Gasteiger partial charge < -0.3 is 0 Å². The molecule has 0 heterocycles. The van der Waals surface area contributed by atoms with Crippen LogP contribution in [0.3, 0.4) is 0 Å². The van der Waals surface area contributed by atoms with Gasteiger partial charge in [0, 0.05) is 33.0 Å². The number of benzene rings is 2. The lowest BCUT2D eigenvalue weighted by molar-refractivity contribution is 0.0753. The molecule has 0 fully saturated rings. The number of halogens is 2. The molecule has 1 aliphatic rings. The van der Waals surface area contributed by atoms with Crippen LogP contribution in [-0.4, -0.2) is 11.6 Å². The summed E-state index contributed by atoms with van der Waals surface area (Å²) in [5.74, 6) is -0.715. The summed E-state index contributed by atoms with van der Waals surface area (Å²) in [6.45, 7) is 4.08. The van der Waals surface area contributed by atoms with Gasteiger partial charge >= 0.3 is 0 Å². The van der Waals surface area contributed by atoms with Gasteiger partial charge in [-0.3, -0.25) is 9.59 Å². The van der Waals surface area contributed by atoms with E-state index in [1.807, 2.05) is 13.8 Å². The van der Waals surface area contributed by atoms with E-state index in [-0.39, 0.29) is 23.4 Å². The molecule has 2 aromatic carbocycles. The quantitative estimate of drug-likeness (QED) is 0.448. The Morgan fingerprint density at radius 2 is 1.00 bits per heavy atom. The number of Topliss-reactive ketones (excluding diaryl/α,β-unsaturated/α-hetero) is 2. The van der Waals surface area contributed by atoms with Crippen molar-refractivity contribution >= 4 is 34.8 Å². The van der Waals surface area contributed by atoms with Crippen LogP contribution in [0.15, 0.2) is 59.7 Å². The molecule has 0 N–H and O–H groups in total. The van der Waals surface area contributed by atoms with E-state index in [1.54, 1.807) is 48.5 Å². The summed E-state index contributed by atoms with van der Waals surface area (Å²) < 4.78 is 0. The standard InChI is InChI=1S/C22H20Cl2O2/c1-13-11-19(21(25)15-3-7-17(23)8-4-15)20(12-14(13)2)22(26)16-5-9-18(24)10-6-16/h3-10,19-20H,11-12H2,1-2H3/t19-,20-/m0/s1. The Hall–Kier alpha value is -1.90. The Labute approximate surface area is 163 Å². The first-order chi connectivity index (χ1) is 12.4. The van der Waals surface area contributed by atoms with Gasteiger partial charge in [0.1, 0.15) is 0 Å². The predicted molar refractivity (Wildman–Crippen MR) is 106 cm³/mol. The van der Waals surface area contributed by atoms with Crippen molar-refractivity contribution in [1.82, 2.24) is 0 Å². The minimum absolute atomic E-state index is 0.000769. The number of hydrogen-bond donors (Lipinski definition) is 0. The van der Waals surface area contributed by atoms with Gasteiger partial charge in [0.2, 0.25) is 0 Å². The molecule has 0 saturated heterocycles. The number of ketones is 2. The number of rotatable bonds is 4. The van der Waals surface area contributed by atoms with Crippen molar-refractivity contribution in [3.05, 3.63) is 80.8 Å². The highest BCUT2D eigenvalue weighted by Crippen LogP contribution is 2.38. The minimum Gasteiger partial charge on any atom is -0.294 e. The second-order valence-electron chi connectivity index (χ2n) is 6.92. The van der Waals surface area contributed by atoms with E-state index in [4.69, 9.17) is 23.2 Å². The maximum atomic E-state index is 13.1. The lowest BCUT2D eigenvalue weighted by Gasteiger charge is -2.31. The van der Waals surface area contributed by atoms with Gasteiger partial charge in [-0.25, -0.2) is 0 Å². The molecule has 0 radical (unpaired) electrons. The highest BCUT2D eigenvalue weighted by atomic mass is 35.5. The van der Waals surface area contributed by atoms with Crippen LogP contribution in [0.5, 0.6) is 0 Å². The van der Waals surface area contributed by atoms with Gasteiger partial charge in [0.25, 0.3) is 0 Å². The van der Waals surface area contributed by atoms with E-state index in [0.717, 1.165) is 0 Å². The number of carbonyl (C=O) groups is 2. The first-order valence-corrected chi connectivity index (χ1v) is 9.37. The molecule has 0 saturated carbocycles. The average Bonchev–Trinajstić information content (AvgIpc) is 2.63. The zero-order valence-electron chi connectivity index (χ0n) is 14.8. The molecule has 3 rings (SSSR count). The van der Waals surface area contributed by atoms with Crippen molar-refractivity contribution in [2.45, 2.75) is 26.7 Å². The molecular weight excluding hydrogens is 367 g/mol. The van der Waals surface area contributed by atoms with Crippen LogP contribution in [-0.2, 0) is 0 Å². The third kappa shape index (κ3) is 3.92. The maximum Gasteiger partial charge on any atom is 0.167 e. The van der Waals surface area contributed by atoms with Gasteiger partial charge in [-0.15, -0.1) is 0 Å². The zero-order valence-corrected chi connectivity index (χ0v) is 16.3. The van der Waals surface area contributed by atoms with Crippen LogP contribution in [0.25, 0.3) is 0 Å². The van der Waals surface area contributed by atoms with Crippen LogP contribution >= 0.6 is 23.2 Å². The van der Waals surface area contributed by atoms with Crippen LogP contribution in [0.1, 0.15) is 47.4 Å². The summed E-state index contributed by atoms with van der Waals surface area (Å²) >= 11 is 11.9. The molecule has 2 nitrogen and oxygen atoms in total. The Balaban J connectivity index is 1.94. The van der Waals surface area contributed by atoms with E-state index in [1.165, 1.54) is 11.1 Å². The summed E-state index contributed by atoms with van der Waals surface area (Å²) in [4.78, 5) is 26.2. The Bertz CT molecular complexity index is 791. The van der Waals surface area contributed by atoms with Crippen LogP contribution in [0.2, 0.25) is 10.0 Å². The Kier molecular flexibility index (Phi) is 5.64. The average molecular weight is 387 g/mol. The van der Waals surface area contributed by atoms with E-state index >= 15 is 0 Å². The maximum absolute atomic E-state index is 13.1. The summed E-state index contributed by atoms with van der Waals surface area (Å²) in [5.41, 5.74) is 3.58. The highest BCUT2D eigenvalue weighted by molar-refractivity contribution is 6.31. The molecule has 4 heteroatoms. The van der Waals surface area contributed by atoms with E-state index in [2.05, 4.69) is 0 Å². The van der Waals surface area contributed by atoms with Crippen molar-refractivity contribution < 1.29 is 9.59 Å². The summed E-state index contributed by atoms with van der Waals surface area (Å²) in [6, 6.07) is 13.8. The molecule has 0 aromatic heterocycles. The van der Waals surface area contributed by atoms with E-state index in [9.17, 15) is 9.59 Å². The van der Waals surface area contributed by atoms with Gasteiger partial charge in [-0.1, -0.05) is 34.3 Å². The molecular formula is C22H20Cl2O2. The fourth-order valence-corrected chi connectivity index (χ4v) is 3.75. The summed E-state index contributed by atoms with van der Waals surface area (Å²) in [5, 5.41) is 1.18. The van der Waals surface area contributed by atoms with Crippen molar-refractivity contribution in [2.24, 2.45) is 11.8 Å². The van der Waals surface area contributed by atoms with Gasteiger partial charge in [-0.2, -0.15) is 0 Å². The largest absolute Gasteiger partial charge is 0.294 e. The smallest absolute Gasteiger partial charge is 0.167 e. The van der Waals surface area contributed by atoms with Crippen molar-refractivity contribution in [2.75, 3.05) is 0 Å². The Morgan fingerprint density at radius 1 is 0.692 bits per heavy atom. The fourth-order valence-electron chi connectivity index (χ4n) is 3.50. The van der Waals surface area contributed by atoms with Crippen LogP contribution in [0.4, 0.5) is 0 Å². The monoisotopic (exact) mass is 386 g/mol. The number of allylic oxidation sites excluding steroid dienone is 2. The lowest BCUT2D eigenvalue weighted by Crippen LogP contribution is -2.33. The van der Waals surface area contributed by atoms with Gasteiger partial charge in [0.05, 0.1) is 0 Å². The normalized spacial score (nSPS) is 20.2. The summed E-state index contributed by atoms with van der Waals surface area (Å²) in [6.07, 6.45) is 1.22. The zero-order chi connectivity index (χ0) is 18.8. The van der Waals surface area contributed by atoms with Crippen molar-refractivity contribution in [3.8, 4) is 0 Å². The van der Waals surface area contributed by atoms with Crippen molar-refractivity contribution in [1.29, 1.82) is 0 Å². The molecule has 2 atom stereocenters. The van der Waals surface area contributed by atoms with E-state index < -0.39 is 0 Å². The number of carbonyl (C=O) groups excluding carboxylic acids is 2. The topological polar surface area (TPSA) is 34.1 Å². The fraction of sp³-hybridized carbons (Fsp3) is 0.273. The molecule has 0 spiro atoms. The predicted octanol–water partition coefficient (Wildman–Crippen LogP) is 6.42. The minimum atomic E-state index is -0.358. The SMILES string of the molecule is CC1=C(C)C[C@H](C(=O)c2ccc(Cl)cc2)[C@@H](C(=O)c2ccc(Cl)cc2)C1. The van der Waals surface area contributed by atoms with Crippen LogP contribution in [0, 0.1) is 11.8 Å². The molecule has 0 unspecified atom stereocenters. The molecule has 2 aromatic rings. The molecule has 26 heavy (non-hydrogen) atoms. The van der Waals surface area contributed by atoms with Crippen molar-refractivity contribution in [3.63, 3.8) is 0 Å². The van der Waals surface area contributed by atoms with Crippen LogP contribution < -0.4 is 0 Å². The molecule has 0 aliphatic heterocycles. The van der Waals surface area contributed by atoms with E-state index in [0.29, 0.717) is 34.0 Å². The Morgan fingerprint density at radius 3 is 1.31 bits per heavy atom. The first-order valence-electron chi connectivity index (χ1n) is 8.61. The number of hydrogen-bond acceptors (Lipinski definition) is 2. The highest BCUT2D eigenvalue weighted by Gasteiger charge is 2.37. The molecule has 0 amide bonds. The third-order valence-electron chi connectivity index (χ3n) is 5.20. The molecule has 0 bridgehead atoms. The van der Waals surface area contributed by atoms with Gasteiger partial charge in [-0.05, 0) is 75.2 Å². The first kappa shape index (κ1) is 18.9. The lowest BCUT2D eigenvalue weighted by atomic mass is 9.70. The second kappa shape index (κ2) is 7.77.